The summed E-state index contributed by atoms with van der Waals surface area (Å²) in [6, 6.07) is 13.1. The van der Waals surface area contributed by atoms with Crippen molar-refractivity contribution in [2.24, 2.45) is 0 Å². The number of fused-ring (bicyclic) bond motifs is 1. The molecule has 1 amide bonds. The number of amides is 1. The molecule has 5 nitrogen and oxygen atoms in total. The van der Waals surface area contributed by atoms with Gasteiger partial charge in [0.25, 0.3) is 5.91 Å². The molecule has 2 aromatic carbocycles. The molecule has 0 fully saturated rings. The molecule has 0 unspecified atom stereocenters. The number of aromatic amines is 1. The van der Waals surface area contributed by atoms with Gasteiger partial charge >= 0.3 is 5.97 Å². The summed E-state index contributed by atoms with van der Waals surface area (Å²) in [5.41, 5.74) is 2.45. The Morgan fingerprint density at radius 2 is 2.04 bits per heavy atom. The number of carbonyl (C=O) groups excluding carboxylic acids is 2. The van der Waals surface area contributed by atoms with Gasteiger partial charge in [0.15, 0.2) is 6.61 Å². The minimum atomic E-state index is -0.609. The van der Waals surface area contributed by atoms with Crippen LogP contribution in [0.25, 0.3) is 10.9 Å². The summed E-state index contributed by atoms with van der Waals surface area (Å²) in [5.74, 6) is -0.956. The Kier molecular flexibility index (Phi) is 6.42. The third-order valence-electron chi connectivity index (χ3n) is 4.12. The maximum Gasteiger partial charge on any atom is 0.340 e. The number of benzene rings is 2. The van der Waals surface area contributed by atoms with Gasteiger partial charge in [-0.25, -0.2) is 4.79 Å². The average Bonchev–Trinajstić information content (AvgIpc) is 3.10. The third kappa shape index (κ3) is 4.84. The minimum Gasteiger partial charge on any atom is -0.452 e. The van der Waals surface area contributed by atoms with Gasteiger partial charge in [0.2, 0.25) is 0 Å². The summed E-state index contributed by atoms with van der Waals surface area (Å²) in [4.78, 5) is 28.2. The van der Waals surface area contributed by atoms with Crippen LogP contribution in [0, 0.1) is 0 Å². The van der Waals surface area contributed by atoms with E-state index in [1.54, 1.807) is 12.1 Å². The lowest BCUT2D eigenvalue weighted by molar-refractivity contribution is -0.124. The zero-order valence-electron chi connectivity index (χ0n) is 14.8. The number of halogens is 1. The van der Waals surface area contributed by atoms with Crippen molar-refractivity contribution in [1.29, 1.82) is 0 Å². The first-order chi connectivity index (χ1) is 13.1. The molecule has 0 spiro atoms. The molecule has 1 aromatic heterocycles. The number of H-pyrrole nitrogens is 1. The molecule has 0 radical (unpaired) electrons. The van der Waals surface area contributed by atoms with Crippen molar-refractivity contribution >= 4 is 46.1 Å². The molecule has 0 saturated carbocycles. The summed E-state index contributed by atoms with van der Waals surface area (Å²) in [7, 11) is 0. The van der Waals surface area contributed by atoms with Crippen molar-refractivity contribution < 1.29 is 14.3 Å². The van der Waals surface area contributed by atoms with Crippen LogP contribution in [0.3, 0.4) is 0 Å². The average molecular weight is 403 g/mol. The molecule has 27 heavy (non-hydrogen) atoms. The van der Waals surface area contributed by atoms with E-state index >= 15 is 0 Å². The lowest BCUT2D eigenvalue weighted by Gasteiger charge is -2.08. The first-order valence-corrected chi connectivity index (χ1v) is 10.0. The van der Waals surface area contributed by atoms with Crippen LogP contribution in [0.15, 0.2) is 53.6 Å². The predicted molar refractivity (Wildman–Crippen MR) is 109 cm³/mol. The van der Waals surface area contributed by atoms with Gasteiger partial charge < -0.3 is 15.0 Å². The van der Waals surface area contributed by atoms with Crippen molar-refractivity contribution in [2.75, 3.05) is 19.4 Å². The maximum atomic E-state index is 12.1. The number of hydrogen-bond acceptors (Lipinski definition) is 4. The molecule has 0 bridgehead atoms. The number of hydrogen-bond donors (Lipinski definition) is 2. The largest absolute Gasteiger partial charge is 0.452 e. The van der Waals surface area contributed by atoms with Gasteiger partial charge in [0, 0.05) is 28.5 Å². The smallest absolute Gasteiger partial charge is 0.340 e. The van der Waals surface area contributed by atoms with Crippen LogP contribution in [-0.4, -0.2) is 36.3 Å². The minimum absolute atomic E-state index is 0.259. The van der Waals surface area contributed by atoms with Gasteiger partial charge in [-0.1, -0.05) is 29.8 Å². The van der Waals surface area contributed by atoms with Gasteiger partial charge in [0.1, 0.15) is 0 Å². The number of ether oxygens (including phenoxy) is 1. The molecule has 1 heterocycles. The van der Waals surface area contributed by atoms with Crippen LogP contribution in [0.2, 0.25) is 5.02 Å². The lowest BCUT2D eigenvalue weighted by Crippen LogP contribution is -2.30. The first-order valence-electron chi connectivity index (χ1n) is 8.41. The number of nitrogens with one attached hydrogen (secondary N) is 2. The summed E-state index contributed by atoms with van der Waals surface area (Å²) < 4.78 is 5.08. The maximum absolute atomic E-state index is 12.1. The molecule has 0 aliphatic heterocycles. The Bertz CT molecular complexity index is 971. The quantitative estimate of drug-likeness (QED) is 0.462. The Balaban J connectivity index is 1.48. The molecule has 0 aliphatic carbocycles. The molecule has 0 aliphatic rings. The highest BCUT2D eigenvalue weighted by Gasteiger charge is 2.14. The Morgan fingerprint density at radius 3 is 2.85 bits per heavy atom. The van der Waals surface area contributed by atoms with Crippen LogP contribution >= 0.6 is 23.4 Å². The molecular formula is C20H19ClN2O3S. The van der Waals surface area contributed by atoms with Crippen LogP contribution in [-0.2, 0) is 16.0 Å². The normalized spacial score (nSPS) is 10.7. The summed E-state index contributed by atoms with van der Waals surface area (Å²) in [5, 5.41) is 4.21. The van der Waals surface area contributed by atoms with E-state index in [0.29, 0.717) is 18.0 Å². The number of aromatic nitrogens is 1. The molecule has 3 rings (SSSR count). The zero-order chi connectivity index (χ0) is 19.2. The Labute approximate surface area is 166 Å². The fourth-order valence-corrected chi connectivity index (χ4v) is 3.36. The fraction of sp³-hybridized carbons (Fsp3) is 0.200. The molecule has 7 heteroatoms. The van der Waals surface area contributed by atoms with Crippen molar-refractivity contribution in [3.05, 3.63) is 64.8 Å². The number of carbonyl (C=O) groups is 2. The Hall–Kier alpha value is -2.44. The first kappa shape index (κ1) is 19.3. The highest BCUT2D eigenvalue weighted by molar-refractivity contribution is 7.98. The van der Waals surface area contributed by atoms with E-state index in [1.807, 2.05) is 42.8 Å². The molecule has 3 aromatic rings. The molecule has 0 atom stereocenters. The van der Waals surface area contributed by atoms with E-state index in [2.05, 4.69) is 10.3 Å². The highest BCUT2D eigenvalue weighted by Crippen LogP contribution is 2.23. The van der Waals surface area contributed by atoms with Crippen LogP contribution in [0.1, 0.15) is 15.9 Å². The second kappa shape index (κ2) is 8.97. The van der Waals surface area contributed by atoms with Gasteiger partial charge in [-0.05, 0) is 42.5 Å². The fourth-order valence-electron chi connectivity index (χ4n) is 2.72. The van der Waals surface area contributed by atoms with E-state index in [1.165, 1.54) is 11.8 Å². The Morgan fingerprint density at radius 1 is 1.22 bits per heavy atom. The highest BCUT2D eigenvalue weighted by atomic mass is 35.5. The summed E-state index contributed by atoms with van der Waals surface area (Å²) >= 11 is 7.53. The van der Waals surface area contributed by atoms with Crippen LogP contribution in [0.4, 0.5) is 0 Å². The van der Waals surface area contributed by atoms with Gasteiger partial charge in [0.05, 0.1) is 10.6 Å². The SMILES string of the molecule is CSc1ccc(Cl)c(C(=O)OCC(=O)NCCc2c[nH]c3ccccc23)c1. The topological polar surface area (TPSA) is 71.2 Å². The number of para-hydroxylation sites is 1. The number of esters is 1. The monoisotopic (exact) mass is 402 g/mol. The lowest BCUT2D eigenvalue weighted by atomic mass is 10.1. The standard InChI is InChI=1S/C20H19ClN2O3S/c1-27-14-6-7-17(21)16(10-14)20(25)26-12-19(24)22-9-8-13-11-23-18-5-3-2-4-15(13)18/h2-7,10-11,23H,8-9,12H2,1H3,(H,22,24). The van der Waals surface area contributed by atoms with E-state index in [-0.39, 0.29) is 18.1 Å². The molecule has 140 valence electrons. The van der Waals surface area contributed by atoms with Crippen molar-refractivity contribution in [3.63, 3.8) is 0 Å². The van der Waals surface area contributed by atoms with Crippen LogP contribution in [0.5, 0.6) is 0 Å². The number of rotatable bonds is 7. The van der Waals surface area contributed by atoms with Crippen molar-refractivity contribution in [2.45, 2.75) is 11.3 Å². The number of thioether (sulfide) groups is 1. The van der Waals surface area contributed by atoms with E-state index < -0.39 is 5.97 Å². The molecule has 2 N–H and O–H groups in total. The van der Waals surface area contributed by atoms with Crippen molar-refractivity contribution in [1.82, 2.24) is 10.3 Å². The van der Waals surface area contributed by atoms with Gasteiger partial charge in [-0.3, -0.25) is 4.79 Å². The second-order valence-electron chi connectivity index (χ2n) is 5.88. The van der Waals surface area contributed by atoms with E-state index in [4.69, 9.17) is 16.3 Å². The van der Waals surface area contributed by atoms with E-state index in [0.717, 1.165) is 21.4 Å². The van der Waals surface area contributed by atoms with Crippen molar-refractivity contribution in [3.8, 4) is 0 Å². The molecule has 0 saturated heterocycles. The third-order valence-corrected chi connectivity index (χ3v) is 5.17. The van der Waals surface area contributed by atoms with Gasteiger partial charge in [-0.15, -0.1) is 11.8 Å². The predicted octanol–water partition coefficient (Wildman–Crippen LogP) is 4.06. The second-order valence-corrected chi connectivity index (χ2v) is 7.17. The summed E-state index contributed by atoms with van der Waals surface area (Å²) in [6.45, 7) is 0.119. The molecular weight excluding hydrogens is 384 g/mol. The zero-order valence-corrected chi connectivity index (χ0v) is 16.3. The van der Waals surface area contributed by atoms with Gasteiger partial charge in [-0.2, -0.15) is 0 Å². The van der Waals surface area contributed by atoms with Crippen LogP contribution < -0.4 is 5.32 Å². The van der Waals surface area contributed by atoms with E-state index in [9.17, 15) is 9.59 Å². The summed E-state index contributed by atoms with van der Waals surface area (Å²) in [6.07, 6.45) is 4.53.